The summed E-state index contributed by atoms with van der Waals surface area (Å²) in [6, 6.07) is 13.5. The van der Waals surface area contributed by atoms with Crippen molar-refractivity contribution < 1.29 is 4.79 Å². The van der Waals surface area contributed by atoms with Crippen molar-refractivity contribution in [1.82, 2.24) is 9.97 Å². The van der Waals surface area contributed by atoms with Gasteiger partial charge >= 0.3 is 0 Å². The number of hydrogen-bond acceptors (Lipinski definition) is 5. The van der Waals surface area contributed by atoms with E-state index in [2.05, 4.69) is 21.4 Å². The van der Waals surface area contributed by atoms with Crippen molar-refractivity contribution in [1.29, 1.82) is 5.26 Å². The number of carbonyl (C=O) groups excluding carboxylic acids is 1. The number of aryl methyl sites for hydroxylation is 2. The largest absolute Gasteiger partial charge is 0.323 e. The van der Waals surface area contributed by atoms with Crippen molar-refractivity contribution in [3.63, 3.8) is 0 Å². The summed E-state index contributed by atoms with van der Waals surface area (Å²) in [6.07, 6.45) is 1.70. The van der Waals surface area contributed by atoms with Crippen LogP contribution in [0.25, 0.3) is 10.9 Å². The Morgan fingerprint density at radius 2 is 2.08 bits per heavy atom. The van der Waals surface area contributed by atoms with Gasteiger partial charge in [-0.1, -0.05) is 30.0 Å². The first-order valence-electron chi connectivity index (χ1n) is 7.73. The maximum absolute atomic E-state index is 12.3. The molecule has 0 aliphatic carbocycles. The van der Waals surface area contributed by atoms with Crippen LogP contribution in [0.4, 0.5) is 5.69 Å². The molecule has 0 spiro atoms. The number of thioether (sulfide) groups is 1. The number of para-hydroxylation sites is 1. The third-order valence-corrected chi connectivity index (χ3v) is 4.65. The minimum absolute atomic E-state index is 0.159. The summed E-state index contributed by atoms with van der Waals surface area (Å²) in [5.41, 5.74) is 3.66. The molecule has 1 N–H and O–H groups in total. The molecule has 6 heteroatoms. The van der Waals surface area contributed by atoms with Crippen LogP contribution in [0.2, 0.25) is 0 Å². The molecule has 1 aromatic carbocycles. The number of nitrogens with one attached hydrogen (secondary N) is 1. The van der Waals surface area contributed by atoms with Crippen LogP contribution < -0.4 is 5.32 Å². The van der Waals surface area contributed by atoms with Gasteiger partial charge in [-0.05, 0) is 37.6 Å². The zero-order valence-electron chi connectivity index (χ0n) is 13.9. The summed E-state index contributed by atoms with van der Waals surface area (Å²) < 4.78 is 0. The van der Waals surface area contributed by atoms with Crippen molar-refractivity contribution in [2.24, 2.45) is 0 Å². The van der Waals surface area contributed by atoms with Gasteiger partial charge in [0.2, 0.25) is 5.91 Å². The second-order valence-corrected chi connectivity index (χ2v) is 6.55. The molecule has 0 saturated heterocycles. The summed E-state index contributed by atoms with van der Waals surface area (Å²) in [5.74, 6) is 0.0151. The van der Waals surface area contributed by atoms with E-state index in [1.54, 1.807) is 6.20 Å². The minimum Gasteiger partial charge on any atom is -0.323 e. The number of pyridine rings is 2. The summed E-state index contributed by atoms with van der Waals surface area (Å²) in [6.45, 7) is 3.75. The smallest absolute Gasteiger partial charge is 0.234 e. The molecule has 0 unspecified atom stereocenters. The van der Waals surface area contributed by atoms with E-state index < -0.39 is 0 Å². The zero-order valence-corrected chi connectivity index (χ0v) is 14.7. The molecule has 25 heavy (non-hydrogen) atoms. The molecule has 0 aliphatic rings. The molecule has 3 rings (SSSR count). The number of amides is 1. The number of rotatable bonds is 4. The van der Waals surface area contributed by atoms with Gasteiger partial charge in [-0.2, -0.15) is 5.26 Å². The topological polar surface area (TPSA) is 78.7 Å². The van der Waals surface area contributed by atoms with Crippen LogP contribution in [0.15, 0.2) is 47.6 Å². The van der Waals surface area contributed by atoms with Gasteiger partial charge in [-0.3, -0.25) is 9.78 Å². The number of nitrogens with zero attached hydrogens (tertiary/aromatic N) is 3. The van der Waals surface area contributed by atoms with Gasteiger partial charge in [0, 0.05) is 17.3 Å². The Hall–Kier alpha value is -2.91. The van der Waals surface area contributed by atoms with Gasteiger partial charge in [0.15, 0.2) is 0 Å². The summed E-state index contributed by atoms with van der Waals surface area (Å²) >= 11 is 1.27. The number of aromatic nitrogens is 2. The van der Waals surface area contributed by atoms with Crippen molar-refractivity contribution in [2.75, 3.05) is 11.1 Å². The summed E-state index contributed by atoms with van der Waals surface area (Å²) in [4.78, 5) is 21.0. The third kappa shape index (κ3) is 3.78. The van der Waals surface area contributed by atoms with Crippen LogP contribution in [0, 0.1) is 25.2 Å². The maximum Gasteiger partial charge on any atom is 0.234 e. The highest BCUT2D eigenvalue weighted by Crippen LogP contribution is 2.25. The first kappa shape index (κ1) is 16.9. The monoisotopic (exact) mass is 348 g/mol. The van der Waals surface area contributed by atoms with Crippen LogP contribution in [0.3, 0.4) is 0 Å². The molecule has 5 nitrogen and oxygen atoms in total. The minimum atomic E-state index is -0.159. The normalized spacial score (nSPS) is 10.4. The van der Waals surface area contributed by atoms with Gasteiger partial charge in [-0.15, -0.1) is 0 Å². The second-order valence-electron chi connectivity index (χ2n) is 5.59. The number of carbonyl (C=O) groups is 1. The standard InChI is InChI=1S/C19H16N4OS/c1-12-9-13(2)22-19(15(12)10-20)25-11-17(24)23-16-7-3-5-14-6-4-8-21-18(14)16/h3-9H,11H2,1-2H3,(H,23,24). The predicted molar refractivity (Wildman–Crippen MR) is 99.5 cm³/mol. The number of nitriles is 1. The Balaban J connectivity index is 1.75. The molecule has 0 saturated carbocycles. The zero-order chi connectivity index (χ0) is 17.8. The lowest BCUT2D eigenvalue weighted by molar-refractivity contribution is -0.113. The molecule has 2 aromatic heterocycles. The third-order valence-electron chi connectivity index (χ3n) is 3.67. The lowest BCUT2D eigenvalue weighted by Gasteiger charge is -2.09. The molecule has 0 bridgehead atoms. The molecule has 0 fully saturated rings. The van der Waals surface area contributed by atoms with E-state index in [9.17, 15) is 10.1 Å². The van der Waals surface area contributed by atoms with Gasteiger partial charge < -0.3 is 5.32 Å². The van der Waals surface area contributed by atoms with Crippen LogP contribution >= 0.6 is 11.8 Å². The molecular formula is C19H16N4OS. The average Bonchev–Trinajstić information content (AvgIpc) is 2.60. The van der Waals surface area contributed by atoms with E-state index in [-0.39, 0.29) is 11.7 Å². The van der Waals surface area contributed by atoms with Crippen molar-refractivity contribution in [3.05, 3.63) is 59.4 Å². The summed E-state index contributed by atoms with van der Waals surface area (Å²) in [5, 5.41) is 13.7. The summed E-state index contributed by atoms with van der Waals surface area (Å²) in [7, 11) is 0. The Bertz CT molecular complexity index is 989. The van der Waals surface area contributed by atoms with Gasteiger partial charge in [0.1, 0.15) is 11.1 Å². The quantitative estimate of drug-likeness (QED) is 0.725. The van der Waals surface area contributed by atoms with E-state index >= 15 is 0 Å². The Kier molecular flexibility index (Phi) is 4.96. The van der Waals surface area contributed by atoms with Crippen molar-refractivity contribution >= 4 is 34.3 Å². The first-order valence-corrected chi connectivity index (χ1v) is 8.72. The number of hydrogen-bond donors (Lipinski definition) is 1. The molecule has 124 valence electrons. The Morgan fingerprint density at radius 1 is 1.28 bits per heavy atom. The fourth-order valence-electron chi connectivity index (χ4n) is 2.57. The highest BCUT2D eigenvalue weighted by atomic mass is 32.2. The highest BCUT2D eigenvalue weighted by molar-refractivity contribution is 8.00. The lowest BCUT2D eigenvalue weighted by Crippen LogP contribution is -2.15. The van der Waals surface area contributed by atoms with Crippen molar-refractivity contribution in [2.45, 2.75) is 18.9 Å². The highest BCUT2D eigenvalue weighted by Gasteiger charge is 2.12. The molecule has 3 aromatic rings. The van der Waals surface area contributed by atoms with E-state index in [1.165, 1.54) is 11.8 Å². The van der Waals surface area contributed by atoms with Crippen LogP contribution in [-0.4, -0.2) is 21.6 Å². The van der Waals surface area contributed by atoms with E-state index in [0.29, 0.717) is 16.3 Å². The molecule has 0 aliphatic heterocycles. The maximum atomic E-state index is 12.3. The van der Waals surface area contributed by atoms with Crippen LogP contribution in [-0.2, 0) is 4.79 Å². The predicted octanol–water partition coefficient (Wildman–Crippen LogP) is 3.85. The Morgan fingerprint density at radius 3 is 2.88 bits per heavy atom. The Labute approximate surface area is 150 Å². The second kappa shape index (κ2) is 7.32. The molecule has 1 amide bonds. The van der Waals surface area contributed by atoms with Crippen LogP contribution in [0.5, 0.6) is 0 Å². The number of benzene rings is 1. The average molecular weight is 348 g/mol. The first-order chi connectivity index (χ1) is 12.1. The fourth-order valence-corrected chi connectivity index (χ4v) is 3.47. The van der Waals surface area contributed by atoms with E-state index in [1.807, 2.05) is 50.2 Å². The molecular weight excluding hydrogens is 332 g/mol. The fraction of sp³-hybridized carbons (Fsp3) is 0.158. The van der Waals surface area contributed by atoms with Crippen LogP contribution in [0.1, 0.15) is 16.8 Å². The number of anilines is 1. The molecule has 2 heterocycles. The number of fused-ring (bicyclic) bond motifs is 1. The van der Waals surface area contributed by atoms with E-state index in [0.717, 1.165) is 22.2 Å². The van der Waals surface area contributed by atoms with Gasteiger partial charge in [0.05, 0.1) is 22.5 Å². The van der Waals surface area contributed by atoms with E-state index in [4.69, 9.17) is 0 Å². The van der Waals surface area contributed by atoms with Gasteiger partial charge in [-0.25, -0.2) is 4.98 Å². The van der Waals surface area contributed by atoms with Crippen molar-refractivity contribution in [3.8, 4) is 6.07 Å². The SMILES string of the molecule is Cc1cc(C)c(C#N)c(SCC(=O)Nc2cccc3cccnc23)n1. The molecule has 0 radical (unpaired) electrons. The van der Waals surface area contributed by atoms with Gasteiger partial charge in [0.25, 0.3) is 0 Å². The lowest BCUT2D eigenvalue weighted by atomic mass is 10.1. The molecule has 0 atom stereocenters.